The number of fused-ring (bicyclic) bond motifs is 1. The zero-order chi connectivity index (χ0) is 25.4. The maximum absolute atomic E-state index is 13.0. The van der Waals surface area contributed by atoms with Crippen LogP contribution in [0.4, 0.5) is 13.2 Å². The van der Waals surface area contributed by atoms with Crippen molar-refractivity contribution in [1.29, 1.82) is 0 Å². The summed E-state index contributed by atoms with van der Waals surface area (Å²) in [5, 5.41) is 9.64. The zero-order valence-corrected chi connectivity index (χ0v) is 19.7. The molecule has 0 bridgehead atoms. The molecule has 5 rings (SSSR count). The number of halogens is 5. The third-order valence-corrected chi connectivity index (χ3v) is 5.84. The predicted molar refractivity (Wildman–Crippen MR) is 130 cm³/mol. The van der Waals surface area contributed by atoms with Crippen molar-refractivity contribution in [2.75, 3.05) is 0 Å². The van der Waals surface area contributed by atoms with Gasteiger partial charge >= 0.3 is 11.9 Å². The number of aromatic nitrogens is 4. The summed E-state index contributed by atoms with van der Waals surface area (Å²) in [6.45, 7) is -0.0623. The molecule has 0 spiro atoms. The first-order valence-corrected chi connectivity index (χ1v) is 11.3. The van der Waals surface area contributed by atoms with E-state index in [1.54, 1.807) is 48.5 Å². The Morgan fingerprint density at radius 3 is 2.31 bits per heavy atom. The van der Waals surface area contributed by atoms with Crippen LogP contribution in [0.1, 0.15) is 11.1 Å². The summed E-state index contributed by atoms with van der Waals surface area (Å²) in [5.41, 5.74) is 0.494. The van der Waals surface area contributed by atoms with Crippen LogP contribution in [0.2, 0.25) is 10.0 Å². The summed E-state index contributed by atoms with van der Waals surface area (Å²) >= 11 is 12.1. The fourth-order valence-corrected chi connectivity index (χ4v) is 3.90. The van der Waals surface area contributed by atoms with Crippen LogP contribution in [0, 0.1) is 0 Å². The highest BCUT2D eigenvalue weighted by molar-refractivity contribution is 6.31. The van der Waals surface area contributed by atoms with Crippen LogP contribution in [0.5, 0.6) is 11.5 Å². The van der Waals surface area contributed by atoms with Crippen LogP contribution in [-0.4, -0.2) is 19.4 Å². The van der Waals surface area contributed by atoms with E-state index in [4.69, 9.17) is 27.9 Å². The van der Waals surface area contributed by atoms with E-state index in [0.29, 0.717) is 26.9 Å². The van der Waals surface area contributed by atoms with Gasteiger partial charge in [0.15, 0.2) is 5.75 Å². The summed E-state index contributed by atoms with van der Waals surface area (Å²) in [7, 11) is 0. The van der Waals surface area contributed by atoms with Crippen molar-refractivity contribution in [3.05, 3.63) is 111 Å². The molecule has 0 saturated carbocycles. The summed E-state index contributed by atoms with van der Waals surface area (Å²) < 4.78 is 47.0. The molecule has 182 valence electrons. The Balaban J connectivity index is 1.61. The molecule has 0 unspecified atom stereocenters. The largest absolute Gasteiger partial charge is 0.453 e. The quantitative estimate of drug-likeness (QED) is 0.253. The molecule has 2 aromatic heterocycles. The normalized spacial score (nSPS) is 11.7. The maximum Gasteiger partial charge on any atom is 0.416 e. The predicted octanol–water partition coefficient (Wildman–Crippen LogP) is 6.72. The standard InChI is InChI=1S/C25H15Cl2F3N4O2/c26-18-10-6-16(7-11-18)21-13-31-34-23(22(21)36-20-3-1-2-19(27)12-20)32-33(24(34)35)14-15-4-8-17(9-5-15)25(28,29)30/h1-13H,14H2. The van der Waals surface area contributed by atoms with Crippen LogP contribution in [0.25, 0.3) is 16.8 Å². The molecule has 6 nitrogen and oxygen atoms in total. The Labute approximate surface area is 212 Å². The molecule has 0 amide bonds. The van der Waals surface area contributed by atoms with Gasteiger partial charge in [0.05, 0.1) is 18.3 Å². The van der Waals surface area contributed by atoms with E-state index in [1.807, 2.05) is 0 Å². The van der Waals surface area contributed by atoms with E-state index in [1.165, 1.54) is 18.3 Å². The average Bonchev–Trinajstić information content (AvgIpc) is 3.15. The summed E-state index contributed by atoms with van der Waals surface area (Å²) in [4.78, 5) is 13.0. The van der Waals surface area contributed by atoms with Crippen molar-refractivity contribution < 1.29 is 17.9 Å². The molecule has 0 N–H and O–H groups in total. The number of nitrogens with zero attached hydrogens (tertiary/aromatic N) is 4. The number of rotatable bonds is 5. The lowest BCUT2D eigenvalue weighted by molar-refractivity contribution is -0.137. The molecular weight excluding hydrogens is 516 g/mol. The third kappa shape index (κ3) is 4.80. The van der Waals surface area contributed by atoms with Gasteiger partial charge in [-0.05, 0) is 53.6 Å². The molecule has 3 aromatic carbocycles. The second-order valence-corrected chi connectivity index (χ2v) is 8.70. The van der Waals surface area contributed by atoms with E-state index < -0.39 is 17.4 Å². The molecule has 5 aromatic rings. The van der Waals surface area contributed by atoms with Crippen LogP contribution in [-0.2, 0) is 12.7 Å². The van der Waals surface area contributed by atoms with Gasteiger partial charge in [-0.1, -0.05) is 53.5 Å². The van der Waals surface area contributed by atoms with Gasteiger partial charge in [-0.25, -0.2) is 9.48 Å². The number of ether oxygens (including phenoxy) is 1. The van der Waals surface area contributed by atoms with E-state index in [2.05, 4.69) is 10.2 Å². The summed E-state index contributed by atoms with van der Waals surface area (Å²) in [6, 6.07) is 18.2. The Morgan fingerprint density at radius 1 is 0.917 bits per heavy atom. The van der Waals surface area contributed by atoms with Gasteiger partial charge in [-0.2, -0.15) is 22.8 Å². The third-order valence-electron chi connectivity index (χ3n) is 5.35. The van der Waals surface area contributed by atoms with Gasteiger partial charge in [0, 0.05) is 15.6 Å². The minimum Gasteiger partial charge on any atom is -0.453 e. The fourth-order valence-electron chi connectivity index (χ4n) is 3.60. The molecule has 2 heterocycles. The van der Waals surface area contributed by atoms with Crippen molar-refractivity contribution >= 4 is 28.8 Å². The van der Waals surface area contributed by atoms with Gasteiger partial charge < -0.3 is 4.74 Å². The number of hydrogen-bond acceptors (Lipinski definition) is 4. The molecule has 0 aliphatic carbocycles. The molecular formula is C25H15Cl2F3N4O2. The molecule has 0 radical (unpaired) electrons. The van der Waals surface area contributed by atoms with E-state index in [-0.39, 0.29) is 17.9 Å². The van der Waals surface area contributed by atoms with Crippen molar-refractivity contribution in [2.24, 2.45) is 0 Å². The molecule has 0 aliphatic rings. The van der Waals surface area contributed by atoms with Gasteiger partial charge in [0.2, 0.25) is 5.65 Å². The first-order valence-electron chi connectivity index (χ1n) is 10.5. The second kappa shape index (κ2) is 9.33. The highest BCUT2D eigenvalue weighted by Crippen LogP contribution is 2.36. The van der Waals surface area contributed by atoms with Gasteiger partial charge in [0.25, 0.3) is 0 Å². The molecule has 0 fully saturated rings. The van der Waals surface area contributed by atoms with Crippen molar-refractivity contribution in [3.63, 3.8) is 0 Å². The number of alkyl halides is 3. The molecule has 0 atom stereocenters. The monoisotopic (exact) mass is 530 g/mol. The van der Waals surface area contributed by atoms with E-state index in [0.717, 1.165) is 26.9 Å². The molecule has 0 saturated heterocycles. The lowest BCUT2D eigenvalue weighted by Gasteiger charge is -2.12. The molecule has 36 heavy (non-hydrogen) atoms. The SMILES string of the molecule is O=c1n(Cc2ccc(C(F)(F)F)cc2)nc2c(Oc3cccc(Cl)c3)c(-c3ccc(Cl)cc3)cnn12. The fraction of sp³-hybridized carbons (Fsp3) is 0.0800. The Kier molecular flexibility index (Phi) is 6.19. The second-order valence-electron chi connectivity index (χ2n) is 7.82. The van der Waals surface area contributed by atoms with Gasteiger partial charge in [0.1, 0.15) is 5.75 Å². The minimum atomic E-state index is -4.45. The lowest BCUT2D eigenvalue weighted by atomic mass is 10.1. The van der Waals surface area contributed by atoms with Crippen LogP contribution in [0.3, 0.4) is 0 Å². The van der Waals surface area contributed by atoms with Crippen molar-refractivity contribution in [1.82, 2.24) is 19.4 Å². The highest BCUT2D eigenvalue weighted by atomic mass is 35.5. The average molecular weight is 531 g/mol. The first-order chi connectivity index (χ1) is 17.2. The Hall–Kier alpha value is -3.82. The Morgan fingerprint density at radius 2 is 1.64 bits per heavy atom. The van der Waals surface area contributed by atoms with E-state index >= 15 is 0 Å². The number of benzene rings is 3. The zero-order valence-electron chi connectivity index (χ0n) is 18.2. The summed E-state index contributed by atoms with van der Waals surface area (Å²) in [5.74, 6) is 0.661. The Bertz CT molecular complexity index is 1610. The van der Waals surface area contributed by atoms with Gasteiger partial charge in [-0.15, -0.1) is 5.10 Å². The smallest absolute Gasteiger partial charge is 0.416 e. The van der Waals surface area contributed by atoms with E-state index in [9.17, 15) is 18.0 Å². The summed E-state index contributed by atoms with van der Waals surface area (Å²) in [6.07, 6.45) is -2.98. The van der Waals surface area contributed by atoms with Crippen LogP contribution in [0.15, 0.2) is 83.8 Å². The van der Waals surface area contributed by atoms with Crippen molar-refractivity contribution in [2.45, 2.75) is 12.7 Å². The minimum absolute atomic E-state index is 0.0623. The van der Waals surface area contributed by atoms with Crippen LogP contribution >= 0.6 is 23.2 Å². The topological polar surface area (TPSA) is 61.4 Å². The lowest BCUT2D eigenvalue weighted by Crippen LogP contribution is -2.23. The van der Waals surface area contributed by atoms with Crippen LogP contribution < -0.4 is 10.4 Å². The maximum atomic E-state index is 13.0. The molecule has 0 aliphatic heterocycles. The number of hydrogen-bond donors (Lipinski definition) is 0. The molecule has 11 heteroatoms. The van der Waals surface area contributed by atoms with Crippen molar-refractivity contribution in [3.8, 4) is 22.6 Å². The first kappa shape index (κ1) is 23.9. The highest BCUT2D eigenvalue weighted by Gasteiger charge is 2.30. The van der Waals surface area contributed by atoms with Gasteiger partial charge in [-0.3, -0.25) is 0 Å².